The van der Waals surface area contributed by atoms with Crippen LogP contribution in [0.15, 0.2) is 65.5 Å². The van der Waals surface area contributed by atoms with E-state index in [-0.39, 0.29) is 17.9 Å². The largest absolute Gasteiger partial charge is 0.449 e. The van der Waals surface area contributed by atoms with E-state index in [1.165, 1.54) is 36.8 Å². The highest BCUT2D eigenvalue weighted by atomic mass is 16.6. The monoisotopic (exact) mass is 607 g/mol. The Hall–Kier alpha value is -2.92. The quantitative estimate of drug-likeness (QED) is 0.238. The van der Waals surface area contributed by atoms with E-state index in [1.807, 2.05) is 0 Å². The molecule has 0 bridgehead atoms. The number of esters is 2. The highest BCUT2D eigenvalue weighted by Crippen LogP contribution is 2.86. The summed E-state index contributed by atoms with van der Waals surface area (Å²) in [4.78, 5) is 28.9. The number of cyclic esters (lactones) is 1. The number of hydrogen-bond acceptors (Lipinski definition) is 5. The number of rotatable bonds is 8. The summed E-state index contributed by atoms with van der Waals surface area (Å²) >= 11 is 0. The lowest BCUT2D eigenvalue weighted by Crippen LogP contribution is -2.76. The van der Waals surface area contributed by atoms with E-state index in [4.69, 9.17) is 15.2 Å². The maximum atomic E-state index is 14.8. The Labute approximate surface area is 268 Å². The van der Waals surface area contributed by atoms with Crippen molar-refractivity contribution in [2.45, 2.75) is 103 Å². The molecule has 0 aromatic heterocycles. The van der Waals surface area contributed by atoms with Gasteiger partial charge in [0.1, 0.15) is 11.2 Å². The fourth-order valence-corrected chi connectivity index (χ4v) is 11.5. The molecule has 5 heteroatoms. The number of fused-ring (bicyclic) bond motifs is 4. The number of hydrogen-bond donors (Lipinski definition) is 1. The second kappa shape index (κ2) is 10.8. The number of allylic oxidation sites excluding steroid dienone is 6. The average molecular weight is 608 g/mol. The molecule has 5 aliphatic carbocycles. The first-order chi connectivity index (χ1) is 22.0. The molecule has 3 fully saturated rings. The second-order valence-corrected chi connectivity index (χ2v) is 15.1. The molecule has 0 amide bonds. The van der Waals surface area contributed by atoms with E-state index in [9.17, 15) is 9.59 Å². The number of ether oxygens (including phenoxy) is 2. The van der Waals surface area contributed by atoms with Gasteiger partial charge in [-0.25, -0.2) is 4.79 Å². The predicted octanol–water partition coefficient (Wildman–Crippen LogP) is 8.25. The van der Waals surface area contributed by atoms with E-state index in [1.54, 1.807) is 0 Å². The minimum absolute atomic E-state index is 0.120. The van der Waals surface area contributed by atoms with Crippen LogP contribution in [0.4, 0.5) is 0 Å². The van der Waals surface area contributed by atoms with Crippen LogP contribution < -0.4 is 5.73 Å². The van der Waals surface area contributed by atoms with Gasteiger partial charge in [-0.3, -0.25) is 4.79 Å². The summed E-state index contributed by atoms with van der Waals surface area (Å²) in [5.74, 6) is 2.34. The molecule has 1 saturated heterocycles. The molecule has 8 rings (SSSR count). The van der Waals surface area contributed by atoms with E-state index in [2.05, 4.69) is 62.4 Å². The fraction of sp³-hybridized carbons (Fsp3) is 0.600. The molecule has 7 atom stereocenters. The molecule has 7 aliphatic rings. The molecular formula is C40H49NO4. The Morgan fingerprint density at radius 2 is 1.96 bits per heavy atom. The molecule has 1 aromatic carbocycles. The van der Waals surface area contributed by atoms with Crippen molar-refractivity contribution in [3.8, 4) is 0 Å². The Bertz CT molecular complexity index is 1540. The van der Waals surface area contributed by atoms with Crippen molar-refractivity contribution in [2.75, 3.05) is 6.54 Å². The Kier molecular flexibility index (Phi) is 7.09. The van der Waals surface area contributed by atoms with Crippen LogP contribution >= 0.6 is 0 Å². The topological polar surface area (TPSA) is 78.6 Å². The highest BCUT2D eigenvalue weighted by molar-refractivity contribution is 6.00. The standard InChI is InChI=1S/C40H49NO4/c1-3-10-33-39-31-21-20-28-25(2)11-6-17-29(28)30(31)22-23-38(39,34(44-37(39)43)19-7-14-26-12-4-5-13-26)40(33)32-18-8-15-27(16-9-24-41)35(32)36(42)45-40/h6,8,15,17-21,25-26,28-29,33H,3-5,7,9-14,16,22-24,41H2,1-2H3. The zero-order valence-corrected chi connectivity index (χ0v) is 27.1. The maximum absolute atomic E-state index is 14.8. The molecule has 1 aromatic rings. The van der Waals surface area contributed by atoms with Crippen LogP contribution in [0.3, 0.4) is 0 Å². The van der Waals surface area contributed by atoms with Gasteiger partial charge in [0.25, 0.3) is 0 Å². The van der Waals surface area contributed by atoms with Crippen LogP contribution in [0.2, 0.25) is 0 Å². The normalized spacial score (nSPS) is 38.5. The summed E-state index contributed by atoms with van der Waals surface area (Å²) < 4.78 is 13.5. The Morgan fingerprint density at radius 3 is 2.76 bits per heavy atom. The van der Waals surface area contributed by atoms with Gasteiger partial charge in [-0.2, -0.15) is 0 Å². The maximum Gasteiger partial charge on any atom is 0.339 e. The zero-order valence-electron chi connectivity index (χ0n) is 27.1. The first-order valence-electron chi connectivity index (χ1n) is 18.0. The lowest BCUT2D eigenvalue weighted by atomic mass is 9.29. The van der Waals surface area contributed by atoms with Gasteiger partial charge in [0.2, 0.25) is 0 Å². The highest BCUT2D eigenvalue weighted by Gasteiger charge is 2.92. The van der Waals surface area contributed by atoms with Gasteiger partial charge < -0.3 is 15.2 Å². The van der Waals surface area contributed by atoms with E-state index < -0.39 is 16.4 Å². The fourth-order valence-electron chi connectivity index (χ4n) is 11.5. The van der Waals surface area contributed by atoms with Gasteiger partial charge in [0, 0.05) is 17.4 Å². The van der Waals surface area contributed by atoms with Crippen molar-refractivity contribution in [2.24, 2.45) is 46.2 Å². The lowest BCUT2D eigenvalue weighted by molar-refractivity contribution is -0.275. The molecule has 0 radical (unpaired) electrons. The first kappa shape index (κ1) is 29.5. The van der Waals surface area contributed by atoms with E-state index in [0.717, 1.165) is 80.6 Å². The first-order valence-corrected chi connectivity index (χ1v) is 18.0. The Morgan fingerprint density at radius 1 is 1.11 bits per heavy atom. The summed E-state index contributed by atoms with van der Waals surface area (Å²) in [5.41, 5.74) is 8.70. The van der Waals surface area contributed by atoms with Crippen LogP contribution in [0.1, 0.15) is 112 Å². The second-order valence-electron chi connectivity index (χ2n) is 15.1. The van der Waals surface area contributed by atoms with Crippen molar-refractivity contribution < 1.29 is 19.1 Å². The van der Waals surface area contributed by atoms with Gasteiger partial charge in [0.15, 0.2) is 5.60 Å². The summed E-state index contributed by atoms with van der Waals surface area (Å²) in [6, 6.07) is 6.26. The third kappa shape index (κ3) is 3.65. The van der Waals surface area contributed by atoms with Crippen LogP contribution in [0.5, 0.6) is 0 Å². The predicted molar refractivity (Wildman–Crippen MR) is 175 cm³/mol. The van der Waals surface area contributed by atoms with Gasteiger partial charge >= 0.3 is 11.9 Å². The van der Waals surface area contributed by atoms with Crippen molar-refractivity contribution >= 4 is 11.9 Å². The van der Waals surface area contributed by atoms with Gasteiger partial charge in [-0.15, -0.1) is 0 Å². The molecule has 2 heterocycles. The van der Waals surface area contributed by atoms with Crippen molar-refractivity contribution in [3.05, 3.63) is 82.2 Å². The van der Waals surface area contributed by atoms with Gasteiger partial charge in [-0.05, 0) is 92.9 Å². The number of aryl methyl sites for hydroxylation is 1. The number of benzene rings is 1. The van der Waals surface area contributed by atoms with Crippen LogP contribution in [-0.4, -0.2) is 18.5 Å². The molecule has 45 heavy (non-hydrogen) atoms. The van der Waals surface area contributed by atoms with E-state index in [0.29, 0.717) is 29.9 Å². The Balaban J connectivity index is 1.33. The number of nitrogens with two attached hydrogens (primary N) is 1. The smallest absolute Gasteiger partial charge is 0.339 e. The SMILES string of the molecule is CCCC1C23C(=O)OC(=CCCC4CCCC4)C2(CCC2=C3C=CC3C(C)CC=CC23)C12OC(=O)c1c(CCCN)cccc12. The van der Waals surface area contributed by atoms with Crippen LogP contribution in [0.25, 0.3) is 0 Å². The van der Waals surface area contributed by atoms with E-state index >= 15 is 0 Å². The van der Waals surface area contributed by atoms with Crippen molar-refractivity contribution in [1.29, 1.82) is 0 Å². The molecule has 2 saturated carbocycles. The molecule has 5 nitrogen and oxygen atoms in total. The van der Waals surface area contributed by atoms with Crippen molar-refractivity contribution in [3.63, 3.8) is 0 Å². The zero-order chi connectivity index (χ0) is 31.0. The third-order valence-corrected chi connectivity index (χ3v) is 13.2. The number of carbonyl (C=O) groups excluding carboxylic acids is 2. The lowest BCUT2D eigenvalue weighted by Gasteiger charge is -2.71. The molecule has 2 aliphatic heterocycles. The van der Waals surface area contributed by atoms with Gasteiger partial charge in [0.05, 0.1) is 11.0 Å². The number of carbonyl (C=O) groups is 2. The summed E-state index contributed by atoms with van der Waals surface area (Å²) in [6.45, 7) is 5.12. The molecule has 1 spiro atoms. The van der Waals surface area contributed by atoms with Crippen LogP contribution in [0, 0.1) is 40.4 Å². The average Bonchev–Trinajstić information content (AvgIpc) is 3.74. The molecular weight excluding hydrogens is 558 g/mol. The van der Waals surface area contributed by atoms with Crippen molar-refractivity contribution in [1.82, 2.24) is 0 Å². The minimum atomic E-state index is -0.918. The van der Waals surface area contributed by atoms with Crippen LogP contribution in [-0.2, 0) is 26.3 Å². The summed E-state index contributed by atoms with van der Waals surface area (Å²) in [7, 11) is 0. The molecule has 7 unspecified atom stereocenters. The molecule has 2 N–H and O–H groups in total. The minimum Gasteiger partial charge on any atom is -0.449 e. The summed E-state index contributed by atoms with van der Waals surface area (Å²) in [6.07, 6.45) is 24.9. The van der Waals surface area contributed by atoms with Gasteiger partial charge in [-0.1, -0.05) is 94.0 Å². The summed E-state index contributed by atoms with van der Waals surface area (Å²) in [5, 5.41) is 0. The molecule has 238 valence electrons. The third-order valence-electron chi connectivity index (χ3n) is 13.2.